The molecule has 0 aromatic heterocycles. The molecule has 2 atom stereocenters. The molecule has 116 valence electrons. The lowest BCUT2D eigenvalue weighted by molar-refractivity contribution is -0.134. The summed E-state index contributed by atoms with van der Waals surface area (Å²) in [7, 11) is 2.20. The molecule has 0 aromatic rings. The summed E-state index contributed by atoms with van der Waals surface area (Å²) in [6, 6.07) is 1.03. The van der Waals surface area contributed by atoms with Gasteiger partial charge in [-0.2, -0.15) is 0 Å². The number of hydrogen-bond donors (Lipinski definition) is 0. The summed E-state index contributed by atoms with van der Waals surface area (Å²) in [5.74, 6) is 0.827. The molecule has 0 saturated carbocycles. The fourth-order valence-electron chi connectivity index (χ4n) is 3.55. The van der Waals surface area contributed by atoms with Crippen LogP contribution in [0.15, 0.2) is 0 Å². The molecule has 0 bridgehead atoms. The van der Waals surface area contributed by atoms with Crippen molar-refractivity contribution < 1.29 is 9.53 Å². The lowest BCUT2D eigenvalue weighted by Crippen LogP contribution is -2.47. The summed E-state index contributed by atoms with van der Waals surface area (Å²) in [6.07, 6.45) is 5.40. The van der Waals surface area contributed by atoms with Crippen LogP contribution < -0.4 is 0 Å². The molecule has 1 amide bonds. The van der Waals surface area contributed by atoms with Gasteiger partial charge in [0.05, 0.1) is 13.0 Å². The minimum atomic E-state index is 0.288. The Bertz CT molecular complexity index is 320. The number of carbonyl (C=O) groups is 1. The van der Waals surface area contributed by atoms with Crippen LogP contribution in [0.25, 0.3) is 0 Å². The zero-order chi connectivity index (χ0) is 14.5. The monoisotopic (exact) mass is 282 g/mol. The van der Waals surface area contributed by atoms with Gasteiger partial charge in [0.1, 0.15) is 0 Å². The molecule has 2 saturated heterocycles. The highest BCUT2D eigenvalue weighted by atomic mass is 16.5. The maximum Gasteiger partial charge on any atom is 0.225 e. The van der Waals surface area contributed by atoms with Crippen LogP contribution in [0.5, 0.6) is 0 Å². The van der Waals surface area contributed by atoms with E-state index in [2.05, 4.69) is 30.7 Å². The summed E-state index contributed by atoms with van der Waals surface area (Å²) in [5, 5.41) is 0. The van der Waals surface area contributed by atoms with Gasteiger partial charge in [0, 0.05) is 25.2 Å². The lowest BCUT2D eigenvalue weighted by Gasteiger charge is -2.33. The van der Waals surface area contributed by atoms with Crippen LogP contribution in [-0.2, 0) is 9.53 Å². The first kappa shape index (κ1) is 15.8. The Labute approximate surface area is 123 Å². The number of likely N-dealkylation sites (tertiary alicyclic amines) is 2. The van der Waals surface area contributed by atoms with Crippen molar-refractivity contribution in [1.29, 1.82) is 0 Å². The Balaban J connectivity index is 1.79. The summed E-state index contributed by atoms with van der Waals surface area (Å²) >= 11 is 0. The Morgan fingerprint density at radius 2 is 1.90 bits per heavy atom. The highest BCUT2D eigenvalue weighted by Crippen LogP contribution is 2.29. The maximum absolute atomic E-state index is 12.4. The Morgan fingerprint density at radius 1 is 1.20 bits per heavy atom. The zero-order valence-corrected chi connectivity index (χ0v) is 13.3. The van der Waals surface area contributed by atoms with Gasteiger partial charge in [-0.1, -0.05) is 13.8 Å². The minimum Gasteiger partial charge on any atom is -0.381 e. The summed E-state index contributed by atoms with van der Waals surface area (Å²) in [5.41, 5.74) is 0. The van der Waals surface area contributed by atoms with E-state index in [0.717, 1.165) is 19.6 Å². The van der Waals surface area contributed by atoms with E-state index in [4.69, 9.17) is 4.74 Å². The topological polar surface area (TPSA) is 32.8 Å². The van der Waals surface area contributed by atoms with Crippen molar-refractivity contribution in [2.45, 2.75) is 58.0 Å². The molecule has 0 radical (unpaired) electrons. The largest absolute Gasteiger partial charge is 0.381 e. The Hall–Kier alpha value is -0.610. The molecule has 4 nitrogen and oxygen atoms in total. The third-order valence-corrected chi connectivity index (χ3v) is 4.55. The van der Waals surface area contributed by atoms with Gasteiger partial charge in [0.2, 0.25) is 5.91 Å². The van der Waals surface area contributed by atoms with Crippen molar-refractivity contribution in [3.63, 3.8) is 0 Å². The zero-order valence-electron chi connectivity index (χ0n) is 13.3. The van der Waals surface area contributed by atoms with Crippen LogP contribution in [0.4, 0.5) is 0 Å². The number of nitrogens with zero attached hydrogens (tertiary/aromatic N) is 2. The highest BCUT2D eigenvalue weighted by molar-refractivity contribution is 5.77. The van der Waals surface area contributed by atoms with Crippen molar-refractivity contribution in [3.05, 3.63) is 0 Å². The number of rotatable bonds is 6. The molecule has 0 spiro atoms. The minimum absolute atomic E-state index is 0.288. The van der Waals surface area contributed by atoms with Gasteiger partial charge in [-0.3, -0.25) is 4.79 Å². The molecular weight excluding hydrogens is 252 g/mol. The number of hydrogen-bond acceptors (Lipinski definition) is 3. The van der Waals surface area contributed by atoms with Crippen molar-refractivity contribution in [2.75, 3.05) is 33.4 Å². The van der Waals surface area contributed by atoms with Crippen molar-refractivity contribution >= 4 is 5.91 Å². The van der Waals surface area contributed by atoms with Gasteiger partial charge in [0.25, 0.3) is 0 Å². The first-order valence-electron chi connectivity index (χ1n) is 8.17. The van der Waals surface area contributed by atoms with Gasteiger partial charge < -0.3 is 14.5 Å². The molecule has 2 aliphatic rings. The van der Waals surface area contributed by atoms with E-state index >= 15 is 0 Å². The molecule has 0 aliphatic carbocycles. The van der Waals surface area contributed by atoms with E-state index in [-0.39, 0.29) is 5.91 Å². The second-order valence-corrected chi connectivity index (χ2v) is 6.71. The standard InChI is InChI=1S/C16H30N2O2/c1-13(2)12-20-11-8-16(19)18-10-5-7-15(18)14-6-4-9-17(14)3/h13-15H,4-12H2,1-3H3/t14-,15+/m0/s1. The second-order valence-electron chi connectivity index (χ2n) is 6.71. The van der Waals surface area contributed by atoms with E-state index in [1.54, 1.807) is 0 Å². The molecule has 2 heterocycles. The molecule has 2 rings (SSSR count). The average Bonchev–Trinajstić information content (AvgIpc) is 3.02. The van der Waals surface area contributed by atoms with Gasteiger partial charge in [0.15, 0.2) is 0 Å². The van der Waals surface area contributed by atoms with Crippen molar-refractivity contribution in [1.82, 2.24) is 9.80 Å². The van der Waals surface area contributed by atoms with E-state index < -0.39 is 0 Å². The van der Waals surface area contributed by atoms with Crippen LogP contribution in [0.1, 0.15) is 46.0 Å². The molecule has 0 N–H and O–H groups in total. The smallest absolute Gasteiger partial charge is 0.225 e. The van der Waals surface area contributed by atoms with Gasteiger partial charge in [-0.05, 0) is 45.2 Å². The first-order chi connectivity index (χ1) is 9.59. The second kappa shape index (κ2) is 7.41. The van der Waals surface area contributed by atoms with Gasteiger partial charge >= 0.3 is 0 Å². The molecule has 2 fully saturated rings. The molecular formula is C16H30N2O2. The fraction of sp³-hybridized carbons (Fsp3) is 0.938. The van der Waals surface area contributed by atoms with E-state index in [9.17, 15) is 4.79 Å². The molecule has 20 heavy (non-hydrogen) atoms. The van der Waals surface area contributed by atoms with E-state index in [0.29, 0.717) is 31.0 Å². The highest BCUT2D eigenvalue weighted by Gasteiger charge is 2.37. The predicted octanol–water partition coefficient (Wildman–Crippen LogP) is 2.13. The summed E-state index contributed by atoms with van der Waals surface area (Å²) < 4.78 is 5.55. The molecule has 4 heteroatoms. The van der Waals surface area contributed by atoms with Crippen LogP contribution >= 0.6 is 0 Å². The molecule has 0 unspecified atom stereocenters. The van der Waals surface area contributed by atoms with Gasteiger partial charge in [-0.15, -0.1) is 0 Å². The third-order valence-electron chi connectivity index (χ3n) is 4.55. The first-order valence-corrected chi connectivity index (χ1v) is 8.17. The Kier molecular flexibility index (Phi) is 5.85. The average molecular weight is 282 g/mol. The normalized spacial score (nSPS) is 27.7. The third kappa shape index (κ3) is 3.95. The Morgan fingerprint density at radius 3 is 2.55 bits per heavy atom. The van der Waals surface area contributed by atoms with Crippen molar-refractivity contribution in [3.8, 4) is 0 Å². The summed E-state index contributed by atoms with van der Waals surface area (Å²) in [6.45, 7) is 7.71. The SMILES string of the molecule is CC(C)COCCC(=O)N1CCC[C@@H]1[C@@H]1CCCN1C. The molecule has 2 aliphatic heterocycles. The van der Waals surface area contributed by atoms with E-state index in [1.807, 2.05) is 0 Å². The van der Waals surface area contributed by atoms with E-state index in [1.165, 1.54) is 25.8 Å². The number of amides is 1. The number of likely N-dealkylation sites (N-methyl/N-ethyl adjacent to an activating group) is 1. The maximum atomic E-state index is 12.4. The van der Waals surface area contributed by atoms with Crippen LogP contribution in [0.3, 0.4) is 0 Å². The number of carbonyl (C=O) groups excluding carboxylic acids is 1. The van der Waals surface area contributed by atoms with Crippen LogP contribution in [0.2, 0.25) is 0 Å². The van der Waals surface area contributed by atoms with Crippen LogP contribution in [-0.4, -0.2) is 61.1 Å². The lowest BCUT2D eigenvalue weighted by atomic mass is 10.0. The summed E-state index contributed by atoms with van der Waals surface area (Å²) in [4.78, 5) is 17.0. The van der Waals surface area contributed by atoms with Gasteiger partial charge in [-0.25, -0.2) is 0 Å². The quantitative estimate of drug-likeness (QED) is 0.700. The molecule has 0 aromatic carbocycles. The predicted molar refractivity (Wildman–Crippen MR) is 80.7 cm³/mol. The van der Waals surface area contributed by atoms with Crippen LogP contribution in [0, 0.1) is 5.92 Å². The fourth-order valence-corrected chi connectivity index (χ4v) is 3.55. The number of ether oxygens (including phenoxy) is 1. The van der Waals surface area contributed by atoms with Crippen molar-refractivity contribution in [2.24, 2.45) is 5.92 Å².